The van der Waals surface area contributed by atoms with Gasteiger partial charge in [0.25, 0.3) is 6.71 Å². The van der Waals surface area contributed by atoms with Gasteiger partial charge in [-0.1, -0.05) is 230 Å². The summed E-state index contributed by atoms with van der Waals surface area (Å²) in [5, 5.41) is 0. The first-order valence-electron chi connectivity index (χ1n) is 31.7. The van der Waals surface area contributed by atoms with Crippen LogP contribution in [0.4, 0.5) is 89.7 Å². The average Bonchev–Trinajstić information content (AvgIpc) is 0.691. The molecule has 9 heteroatoms. The Hall–Kier alpha value is -11.5. The van der Waals surface area contributed by atoms with E-state index in [1.807, 2.05) is 23.9 Å². The third kappa shape index (κ3) is 9.02. The lowest BCUT2D eigenvalue weighted by atomic mass is 9.31. The maximum Gasteiger partial charge on any atom is 0.252 e. The summed E-state index contributed by atoms with van der Waals surface area (Å²) >= 11 is 1.85. The number of rotatable bonds is 11. The monoisotopic (exact) mass is 1210 g/mol. The smallest absolute Gasteiger partial charge is 0.252 e. The minimum Gasteiger partial charge on any atom is -0.311 e. The summed E-state index contributed by atoms with van der Waals surface area (Å²) in [6, 6.07) is 122. The molecule has 18 rings (SSSR count). The molecule has 4 heterocycles. The first-order valence-corrected chi connectivity index (χ1v) is 32.6. The van der Waals surface area contributed by atoms with Crippen LogP contribution in [0.3, 0.4) is 0 Å². The standard InChI is InChI=1S/C84H56B2FN5S/c87-59-49-68(57-29-9-1-10-30-57)84(69(50-59)58-31-11-2-12-32-58)92-76-56-80-73(86-71-46-26-28-48-75(71)91(65-43-23-8-24-44-65)79-53-67(54-81(93-80)83(79)86)89(62-37-17-5-18-38-62)63-39-19-6-20-40-63)55-72(76)85-70-45-25-27-47-74(70)90(64-41-21-7-22-42-64)77-51-66(52-78(92)82(77)85)88(60-33-13-3-14-34-60)61-35-15-4-16-36-61/h1-56H. The Morgan fingerprint density at radius 1 is 0.269 bits per heavy atom. The highest BCUT2D eigenvalue weighted by Gasteiger charge is 2.48. The highest BCUT2D eigenvalue weighted by Crippen LogP contribution is 2.54. The Morgan fingerprint density at radius 2 is 0.634 bits per heavy atom. The quantitative estimate of drug-likeness (QED) is 0.119. The molecule has 4 aliphatic heterocycles. The largest absolute Gasteiger partial charge is 0.311 e. The van der Waals surface area contributed by atoms with Gasteiger partial charge in [0.05, 0.1) is 11.4 Å². The lowest BCUT2D eigenvalue weighted by molar-refractivity contribution is 0.629. The molecule has 14 aromatic rings. The first-order chi connectivity index (χ1) is 46.1. The molecular weight excluding hydrogens is 1150 g/mol. The van der Waals surface area contributed by atoms with E-state index < -0.39 is 0 Å². The lowest BCUT2D eigenvalue weighted by Crippen LogP contribution is -2.64. The van der Waals surface area contributed by atoms with Gasteiger partial charge in [-0.2, -0.15) is 0 Å². The number of para-hydroxylation sites is 8. The Morgan fingerprint density at radius 3 is 1.09 bits per heavy atom. The van der Waals surface area contributed by atoms with Gasteiger partial charge in [0.2, 0.25) is 6.71 Å². The van der Waals surface area contributed by atoms with Crippen LogP contribution < -0.4 is 57.3 Å². The van der Waals surface area contributed by atoms with Gasteiger partial charge in [-0.25, -0.2) is 4.39 Å². The van der Waals surface area contributed by atoms with Crippen molar-refractivity contribution >= 4 is 143 Å². The third-order valence-corrected chi connectivity index (χ3v) is 19.9. The van der Waals surface area contributed by atoms with E-state index in [-0.39, 0.29) is 19.2 Å². The Bertz CT molecular complexity index is 5030. The molecule has 0 saturated carbocycles. The Labute approximate surface area is 546 Å². The van der Waals surface area contributed by atoms with Crippen molar-refractivity contribution in [3.05, 3.63) is 346 Å². The van der Waals surface area contributed by atoms with Crippen molar-refractivity contribution in [2.75, 3.05) is 24.5 Å². The van der Waals surface area contributed by atoms with Crippen LogP contribution in [0.25, 0.3) is 22.3 Å². The van der Waals surface area contributed by atoms with Gasteiger partial charge in [-0.3, -0.25) is 0 Å². The van der Waals surface area contributed by atoms with Crippen molar-refractivity contribution in [2.45, 2.75) is 9.79 Å². The van der Waals surface area contributed by atoms with Crippen molar-refractivity contribution in [2.24, 2.45) is 0 Å². The van der Waals surface area contributed by atoms with Gasteiger partial charge in [0.15, 0.2) is 0 Å². The lowest BCUT2D eigenvalue weighted by Gasteiger charge is -2.46. The summed E-state index contributed by atoms with van der Waals surface area (Å²) in [4.78, 5) is 14.6. The normalized spacial score (nSPS) is 12.8. The molecule has 0 aliphatic carbocycles. The van der Waals surface area contributed by atoms with Gasteiger partial charge in [0.1, 0.15) is 5.82 Å². The van der Waals surface area contributed by atoms with E-state index in [2.05, 4.69) is 340 Å². The van der Waals surface area contributed by atoms with Crippen LogP contribution in [0.15, 0.2) is 350 Å². The second kappa shape index (κ2) is 22.5. The van der Waals surface area contributed by atoms with Gasteiger partial charge in [-0.15, -0.1) is 0 Å². The molecule has 14 aromatic carbocycles. The van der Waals surface area contributed by atoms with Crippen molar-refractivity contribution in [3.8, 4) is 22.3 Å². The van der Waals surface area contributed by atoms with Crippen molar-refractivity contribution in [1.29, 1.82) is 0 Å². The molecule has 4 aliphatic rings. The fourth-order valence-electron chi connectivity index (χ4n) is 15.0. The molecule has 5 nitrogen and oxygen atoms in total. The summed E-state index contributed by atoms with van der Waals surface area (Å²) in [7, 11) is 0. The van der Waals surface area contributed by atoms with Gasteiger partial charge >= 0.3 is 0 Å². The fourth-order valence-corrected chi connectivity index (χ4v) is 16.3. The van der Waals surface area contributed by atoms with Crippen LogP contribution >= 0.6 is 11.8 Å². The molecule has 0 amide bonds. The molecule has 436 valence electrons. The van der Waals surface area contributed by atoms with E-state index >= 15 is 4.39 Å². The molecule has 0 radical (unpaired) electrons. The highest BCUT2D eigenvalue weighted by atomic mass is 32.2. The van der Waals surface area contributed by atoms with Crippen LogP contribution in [0.5, 0.6) is 0 Å². The average molecular weight is 1210 g/mol. The summed E-state index contributed by atoms with van der Waals surface area (Å²) in [6.45, 7) is -0.409. The maximum atomic E-state index is 17.3. The molecule has 0 unspecified atom stereocenters. The van der Waals surface area contributed by atoms with E-state index in [9.17, 15) is 0 Å². The van der Waals surface area contributed by atoms with Crippen LogP contribution in [0, 0.1) is 5.82 Å². The molecule has 0 N–H and O–H groups in total. The zero-order chi connectivity index (χ0) is 61.5. The zero-order valence-corrected chi connectivity index (χ0v) is 51.3. The Balaban J connectivity index is 0.976. The minimum atomic E-state index is -0.310. The van der Waals surface area contributed by atoms with Crippen molar-refractivity contribution in [3.63, 3.8) is 0 Å². The summed E-state index contributed by atoms with van der Waals surface area (Å²) in [5.41, 5.74) is 26.4. The van der Waals surface area contributed by atoms with Crippen LogP contribution in [0.1, 0.15) is 0 Å². The summed E-state index contributed by atoms with van der Waals surface area (Å²) in [6.07, 6.45) is 0. The molecule has 0 aromatic heterocycles. The second-order valence-corrected chi connectivity index (χ2v) is 25.2. The number of hydrogen-bond acceptors (Lipinski definition) is 6. The predicted molar refractivity (Wildman–Crippen MR) is 391 cm³/mol. The van der Waals surface area contributed by atoms with Gasteiger partial charge < -0.3 is 24.5 Å². The molecule has 0 fully saturated rings. The van der Waals surface area contributed by atoms with E-state index in [4.69, 9.17) is 0 Å². The molecule has 93 heavy (non-hydrogen) atoms. The number of fused-ring (bicyclic) bond motifs is 8. The number of anilines is 15. The number of halogens is 1. The van der Waals surface area contributed by atoms with E-state index in [0.29, 0.717) is 0 Å². The zero-order valence-electron chi connectivity index (χ0n) is 50.5. The molecule has 0 bridgehead atoms. The summed E-state index contributed by atoms with van der Waals surface area (Å²) in [5.74, 6) is -0.310. The first kappa shape index (κ1) is 54.4. The van der Waals surface area contributed by atoms with Crippen LogP contribution in [-0.4, -0.2) is 13.4 Å². The van der Waals surface area contributed by atoms with Crippen LogP contribution in [-0.2, 0) is 0 Å². The Kier molecular flexibility index (Phi) is 13.1. The SMILES string of the molecule is Fc1cc(-c2ccccc2)c(N2c3cc4c(cc3B3c5ccccc5N(c5ccccc5)c5cc(N(c6ccccc6)c6ccccc6)cc2c53)B2c3ccccc3N(c3ccccc3)c3cc(N(c5ccccc5)c5ccccc5)cc(c32)S4)c(-c2ccccc2)c1. The van der Waals surface area contributed by atoms with Gasteiger partial charge in [0, 0.05) is 94.9 Å². The molecule has 0 saturated heterocycles. The highest BCUT2D eigenvalue weighted by molar-refractivity contribution is 8.00. The summed E-state index contributed by atoms with van der Waals surface area (Å²) < 4.78 is 17.3. The number of hydrogen-bond donors (Lipinski definition) is 0. The maximum absolute atomic E-state index is 17.3. The van der Waals surface area contributed by atoms with Crippen molar-refractivity contribution < 1.29 is 4.39 Å². The van der Waals surface area contributed by atoms with Gasteiger partial charge in [-0.05, 0) is 166 Å². The van der Waals surface area contributed by atoms with Crippen molar-refractivity contribution in [1.82, 2.24) is 0 Å². The van der Waals surface area contributed by atoms with E-state index in [0.717, 1.165) is 118 Å². The van der Waals surface area contributed by atoms with E-state index in [1.54, 1.807) is 12.1 Å². The topological polar surface area (TPSA) is 16.2 Å². The predicted octanol–water partition coefficient (Wildman–Crippen LogP) is 18.9. The molecular formula is C84H56B2FN5S. The third-order valence-electron chi connectivity index (χ3n) is 18.8. The number of benzene rings is 14. The molecule has 0 atom stereocenters. The second-order valence-electron chi connectivity index (χ2n) is 24.1. The number of nitrogens with zero attached hydrogens (tertiary/aromatic N) is 5. The minimum absolute atomic E-state index is 0.157. The molecule has 0 spiro atoms. The van der Waals surface area contributed by atoms with E-state index in [1.165, 1.54) is 32.2 Å². The van der Waals surface area contributed by atoms with Crippen LogP contribution in [0.2, 0.25) is 0 Å². The fraction of sp³-hybridized carbons (Fsp3) is 0.